The minimum atomic E-state index is 0.0432. The van der Waals surface area contributed by atoms with Gasteiger partial charge in [0.25, 0.3) is 0 Å². The summed E-state index contributed by atoms with van der Waals surface area (Å²) < 4.78 is 3.15. The van der Waals surface area contributed by atoms with Gasteiger partial charge in [-0.05, 0) is 50.5 Å². The van der Waals surface area contributed by atoms with Crippen molar-refractivity contribution in [1.82, 2.24) is 9.78 Å². The summed E-state index contributed by atoms with van der Waals surface area (Å²) in [6.07, 6.45) is 0.911. The molecule has 1 aromatic heterocycles. The van der Waals surface area contributed by atoms with E-state index in [1.807, 2.05) is 19.1 Å². The van der Waals surface area contributed by atoms with Crippen LogP contribution in [0.2, 0.25) is 0 Å². The Balaban J connectivity index is 2.56. The topological polar surface area (TPSA) is 43.8 Å². The summed E-state index contributed by atoms with van der Waals surface area (Å²) in [5, 5.41) is 4.71. The van der Waals surface area contributed by atoms with Crippen molar-refractivity contribution in [1.29, 1.82) is 0 Å². The first-order chi connectivity index (χ1) is 9.45. The van der Waals surface area contributed by atoms with E-state index in [0.717, 1.165) is 16.6 Å². The Kier molecular flexibility index (Phi) is 4.66. The Morgan fingerprint density at radius 2 is 2.00 bits per heavy atom. The molecule has 20 heavy (non-hydrogen) atoms. The molecule has 2 aromatic rings. The third kappa shape index (κ3) is 2.81. The highest BCUT2D eigenvalue weighted by Crippen LogP contribution is 2.28. The molecule has 0 spiro atoms. The molecule has 3 nitrogen and oxygen atoms in total. The zero-order chi connectivity index (χ0) is 14.9. The standard InChI is InChI=1S/C16H22BrN3/c1-5-15(18)16(13-7-6-8-14(17)9-13)20-12(4)10(2)11(3)19-20/h6-9,15-16H,5,18H2,1-4H3. The van der Waals surface area contributed by atoms with Crippen molar-refractivity contribution < 1.29 is 0 Å². The molecular formula is C16H22BrN3. The van der Waals surface area contributed by atoms with Crippen molar-refractivity contribution in [3.63, 3.8) is 0 Å². The number of rotatable bonds is 4. The van der Waals surface area contributed by atoms with Gasteiger partial charge in [0, 0.05) is 16.2 Å². The average Bonchev–Trinajstić information content (AvgIpc) is 2.67. The maximum atomic E-state index is 6.38. The molecule has 0 radical (unpaired) electrons. The number of aromatic nitrogens is 2. The van der Waals surface area contributed by atoms with Gasteiger partial charge in [0.2, 0.25) is 0 Å². The third-order valence-electron chi connectivity index (χ3n) is 4.02. The van der Waals surface area contributed by atoms with Crippen LogP contribution in [0, 0.1) is 20.8 Å². The van der Waals surface area contributed by atoms with E-state index < -0.39 is 0 Å². The molecule has 0 aliphatic heterocycles. The highest BCUT2D eigenvalue weighted by molar-refractivity contribution is 9.10. The summed E-state index contributed by atoms with van der Waals surface area (Å²) in [4.78, 5) is 0. The van der Waals surface area contributed by atoms with E-state index in [0.29, 0.717) is 0 Å². The van der Waals surface area contributed by atoms with Gasteiger partial charge < -0.3 is 5.73 Å². The van der Waals surface area contributed by atoms with Gasteiger partial charge in [-0.3, -0.25) is 4.68 Å². The quantitative estimate of drug-likeness (QED) is 0.920. The Bertz CT molecular complexity index is 604. The maximum Gasteiger partial charge on any atom is 0.0922 e. The molecule has 0 fully saturated rings. The predicted octanol–water partition coefficient (Wildman–Crippen LogP) is 3.90. The van der Waals surface area contributed by atoms with Gasteiger partial charge in [-0.1, -0.05) is 35.0 Å². The number of hydrogen-bond donors (Lipinski definition) is 1. The van der Waals surface area contributed by atoms with Crippen LogP contribution in [0.25, 0.3) is 0 Å². The monoisotopic (exact) mass is 335 g/mol. The van der Waals surface area contributed by atoms with Crippen molar-refractivity contribution in [2.45, 2.75) is 46.2 Å². The highest BCUT2D eigenvalue weighted by Gasteiger charge is 2.24. The van der Waals surface area contributed by atoms with Gasteiger partial charge in [0.05, 0.1) is 11.7 Å². The number of nitrogens with two attached hydrogens (primary N) is 1. The summed E-state index contributed by atoms with van der Waals surface area (Å²) >= 11 is 3.54. The molecule has 0 bridgehead atoms. The summed E-state index contributed by atoms with van der Waals surface area (Å²) in [6.45, 7) is 8.40. The molecule has 2 N–H and O–H groups in total. The minimum absolute atomic E-state index is 0.0432. The molecule has 0 aliphatic rings. The van der Waals surface area contributed by atoms with Gasteiger partial charge in [0.1, 0.15) is 0 Å². The van der Waals surface area contributed by atoms with Crippen LogP contribution in [-0.4, -0.2) is 15.8 Å². The van der Waals surface area contributed by atoms with Gasteiger partial charge in [-0.15, -0.1) is 0 Å². The lowest BCUT2D eigenvalue weighted by molar-refractivity contribution is 0.415. The van der Waals surface area contributed by atoms with Crippen LogP contribution in [-0.2, 0) is 0 Å². The normalized spacial score (nSPS) is 14.3. The van der Waals surface area contributed by atoms with Crippen molar-refractivity contribution in [2.75, 3.05) is 0 Å². The van der Waals surface area contributed by atoms with Gasteiger partial charge in [0.15, 0.2) is 0 Å². The molecule has 0 amide bonds. The molecule has 1 heterocycles. The first-order valence-electron chi connectivity index (χ1n) is 6.99. The van der Waals surface area contributed by atoms with Gasteiger partial charge >= 0.3 is 0 Å². The third-order valence-corrected chi connectivity index (χ3v) is 4.51. The lowest BCUT2D eigenvalue weighted by atomic mass is 9.98. The average molecular weight is 336 g/mol. The molecule has 4 heteroatoms. The Morgan fingerprint density at radius 1 is 1.30 bits per heavy atom. The van der Waals surface area contributed by atoms with Gasteiger partial charge in [-0.25, -0.2) is 0 Å². The first kappa shape index (κ1) is 15.3. The van der Waals surface area contributed by atoms with E-state index >= 15 is 0 Å². The zero-order valence-corrected chi connectivity index (χ0v) is 14.1. The van der Waals surface area contributed by atoms with Gasteiger partial charge in [-0.2, -0.15) is 5.10 Å². The van der Waals surface area contributed by atoms with E-state index in [9.17, 15) is 0 Å². The van der Waals surface area contributed by atoms with Crippen LogP contribution in [0.3, 0.4) is 0 Å². The molecule has 1 aromatic carbocycles. The Hall–Kier alpha value is -1.13. The number of aryl methyl sites for hydroxylation is 1. The van der Waals surface area contributed by atoms with E-state index in [1.54, 1.807) is 0 Å². The summed E-state index contributed by atoms with van der Waals surface area (Å²) in [6, 6.07) is 8.45. The second-order valence-electron chi connectivity index (χ2n) is 5.31. The summed E-state index contributed by atoms with van der Waals surface area (Å²) in [5.41, 5.74) is 11.1. The van der Waals surface area contributed by atoms with Crippen LogP contribution in [0.5, 0.6) is 0 Å². The van der Waals surface area contributed by atoms with E-state index in [2.05, 4.69) is 53.5 Å². The maximum absolute atomic E-state index is 6.38. The largest absolute Gasteiger partial charge is 0.326 e. The predicted molar refractivity (Wildman–Crippen MR) is 87.0 cm³/mol. The number of nitrogens with zero attached hydrogens (tertiary/aromatic N) is 2. The molecular weight excluding hydrogens is 314 g/mol. The van der Waals surface area contributed by atoms with E-state index in [-0.39, 0.29) is 12.1 Å². The molecule has 0 aliphatic carbocycles. The summed E-state index contributed by atoms with van der Waals surface area (Å²) in [7, 11) is 0. The number of benzene rings is 1. The van der Waals surface area contributed by atoms with Crippen LogP contribution < -0.4 is 5.73 Å². The fraction of sp³-hybridized carbons (Fsp3) is 0.438. The highest BCUT2D eigenvalue weighted by atomic mass is 79.9. The lowest BCUT2D eigenvalue weighted by Crippen LogP contribution is -2.33. The second kappa shape index (κ2) is 6.10. The van der Waals surface area contributed by atoms with E-state index in [4.69, 9.17) is 10.8 Å². The van der Waals surface area contributed by atoms with Crippen molar-refractivity contribution in [3.05, 3.63) is 51.3 Å². The second-order valence-corrected chi connectivity index (χ2v) is 6.23. The molecule has 2 atom stereocenters. The molecule has 0 saturated carbocycles. The Morgan fingerprint density at radius 3 is 2.50 bits per heavy atom. The lowest BCUT2D eigenvalue weighted by Gasteiger charge is -2.25. The van der Waals surface area contributed by atoms with Crippen molar-refractivity contribution >= 4 is 15.9 Å². The molecule has 108 valence electrons. The van der Waals surface area contributed by atoms with E-state index in [1.165, 1.54) is 16.8 Å². The fourth-order valence-electron chi connectivity index (χ4n) is 2.50. The smallest absolute Gasteiger partial charge is 0.0922 e. The minimum Gasteiger partial charge on any atom is -0.326 e. The Labute approximate surface area is 129 Å². The van der Waals surface area contributed by atoms with Crippen molar-refractivity contribution in [3.8, 4) is 0 Å². The van der Waals surface area contributed by atoms with Crippen molar-refractivity contribution in [2.24, 2.45) is 5.73 Å². The van der Waals surface area contributed by atoms with Crippen LogP contribution in [0.1, 0.15) is 41.9 Å². The first-order valence-corrected chi connectivity index (χ1v) is 7.78. The fourth-order valence-corrected chi connectivity index (χ4v) is 2.92. The molecule has 0 saturated heterocycles. The number of hydrogen-bond acceptors (Lipinski definition) is 2. The molecule has 2 unspecified atom stereocenters. The zero-order valence-electron chi connectivity index (χ0n) is 12.5. The summed E-state index contributed by atoms with van der Waals surface area (Å²) in [5.74, 6) is 0. The SMILES string of the molecule is CCC(N)C(c1cccc(Br)c1)n1nc(C)c(C)c1C. The van der Waals surface area contributed by atoms with Crippen LogP contribution in [0.15, 0.2) is 28.7 Å². The van der Waals surface area contributed by atoms with Crippen LogP contribution >= 0.6 is 15.9 Å². The number of halogens is 1. The molecule has 2 rings (SSSR count). The van der Waals surface area contributed by atoms with Crippen LogP contribution in [0.4, 0.5) is 0 Å².